The molecule has 0 spiro atoms. The van der Waals surface area contributed by atoms with E-state index < -0.39 is 29.2 Å². The molecule has 0 amide bonds. The fourth-order valence-electron chi connectivity index (χ4n) is 3.75. The number of esters is 2. The van der Waals surface area contributed by atoms with Crippen molar-refractivity contribution in [3.8, 4) is 0 Å². The first-order valence-electron chi connectivity index (χ1n) is 9.17. The Labute approximate surface area is 168 Å². The van der Waals surface area contributed by atoms with Crippen molar-refractivity contribution in [2.45, 2.75) is 19.8 Å². The van der Waals surface area contributed by atoms with Crippen LogP contribution in [0.15, 0.2) is 54.6 Å². The summed E-state index contributed by atoms with van der Waals surface area (Å²) >= 11 is 5.98. The number of hydrogen-bond acceptors (Lipinski definition) is 5. The van der Waals surface area contributed by atoms with Crippen LogP contribution in [-0.4, -0.2) is 30.9 Å². The minimum absolute atomic E-state index is 0.0968. The van der Waals surface area contributed by atoms with E-state index in [0.717, 1.165) is 0 Å². The van der Waals surface area contributed by atoms with Gasteiger partial charge in [0.1, 0.15) is 0 Å². The number of ether oxygens (including phenoxy) is 2. The molecule has 0 radical (unpaired) electrons. The molecule has 2 atom stereocenters. The molecule has 1 fully saturated rings. The topological polar surface area (TPSA) is 69.7 Å². The van der Waals surface area contributed by atoms with Crippen molar-refractivity contribution < 1.29 is 23.9 Å². The fourth-order valence-corrected chi connectivity index (χ4v) is 3.87. The van der Waals surface area contributed by atoms with Gasteiger partial charge < -0.3 is 9.47 Å². The predicted octanol–water partition coefficient (Wildman–Crippen LogP) is 4.05. The van der Waals surface area contributed by atoms with Crippen molar-refractivity contribution in [1.82, 2.24) is 0 Å². The summed E-state index contributed by atoms with van der Waals surface area (Å²) in [5.41, 5.74) is -0.589. The molecule has 28 heavy (non-hydrogen) atoms. The molecule has 3 rings (SSSR count). The van der Waals surface area contributed by atoms with Gasteiger partial charge in [-0.2, -0.15) is 0 Å². The van der Waals surface area contributed by atoms with E-state index in [2.05, 4.69) is 0 Å². The molecule has 0 saturated heterocycles. The SMILES string of the molecule is CCOC(=O)C1(C(=O)OCC)[C@@H](C(=O)c2ccccc2)[C@@H]1c1ccc(Cl)cc1. The molecular formula is C22H21ClO5. The molecule has 0 aromatic heterocycles. The van der Waals surface area contributed by atoms with E-state index in [1.54, 1.807) is 68.4 Å². The summed E-state index contributed by atoms with van der Waals surface area (Å²) in [4.78, 5) is 39.1. The Bertz CT molecular complexity index is 858. The Morgan fingerprint density at radius 2 is 1.43 bits per heavy atom. The zero-order valence-electron chi connectivity index (χ0n) is 15.7. The van der Waals surface area contributed by atoms with Crippen LogP contribution in [0.1, 0.15) is 35.7 Å². The number of rotatable bonds is 7. The van der Waals surface area contributed by atoms with Crippen molar-refractivity contribution in [3.63, 3.8) is 0 Å². The first kappa shape index (κ1) is 20.1. The molecule has 2 aromatic rings. The van der Waals surface area contributed by atoms with Gasteiger partial charge >= 0.3 is 11.9 Å². The monoisotopic (exact) mass is 400 g/mol. The molecular weight excluding hydrogens is 380 g/mol. The first-order valence-corrected chi connectivity index (χ1v) is 9.55. The predicted molar refractivity (Wildman–Crippen MR) is 104 cm³/mol. The van der Waals surface area contributed by atoms with Gasteiger partial charge in [0.2, 0.25) is 0 Å². The second-order valence-electron chi connectivity index (χ2n) is 6.55. The maximum Gasteiger partial charge on any atom is 0.324 e. The van der Waals surface area contributed by atoms with Crippen molar-refractivity contribution >= 4 is 29.3 Å². The minimum atomic E-state index is -1.69. The summed E-state index contributed by atoms with van der Waals surface area (Å²) in [7, 11) is 0. The summed E-state index contributed by atoms with van der Waals surface area (Å²) in [6.45, 7) is 3.51. The van der Waals surface area contributed by atoms with Crippen LogP contribution in [0.5, 0.6) is 0 Å². The lowest BCUT2D eigenvalue weighted by Gasteiger charge is -2.15. The van der Waals surface area contributed by atoms with Crippen LogP contribution in [0.2, 0.25) is 5.02 Å². The Balaban J connectivity index is 2.11. The van der Waals surface area contributed by atoms with Crippen molar-refractivity contribution in [2.75, 3.05) is 13.2 Å². The third-order valence-corrected chi connectivity index (χ3v) is 5.25. The average Bonchev–Trinajstić information content (AvgIpc) is 3.40. The number of carbonyl (C=O) groups excluding carboxylic acids is 3. The summed E-state index contributed by atoms with van der Waals surface area (Å²) in [5.74, 6) is -3.32. The van der Waals surface area contributed by atoms with Gasteiger partial charge in [-0.15, -0.1) is 0 Å². The molecule has 5 nitrogen and oxygen atoms in total. The number of ketones is 1. The van der Waals surface area contributed by atoms with E-state index in [9.17, 15) is 14.4 Å². The van der Waals surface area contributed by atoms with E-state index >= 15 is 0 Å². The third kappa shape index (κ3) is 3.31. The number of carbonyl (C=O) groups is 3. The van der Waals surface area contributed by atoms with Crippen LogP contribution >= 0.6 is 11.6 Å². The number of benzene rings is 2. The second kappa shape index (κ2) is 8.15. The highest BCUT2D eigenvalue weighted by molar-refractivity contribution is 6.30. The Morgan fingerprint density at radius 1 is 0.893 bits per heavy atom. The normalized spacial score (nSPS) is 19.5. The van der Waals surface area contributed by atoms with E-state index in [1.165, 1.54) is 0 Å². The Hall–Kier alpha value is -2.66. The lowest BCUT2D eigenvalue weighted by molar-refractivity contribution is -0.165. The Kier molecular flexibility index (Phi) is 5.84. The largest absolute Gasteiger partial charge is 0.465 e. The van der Waals surface area contributed by atoms with Gasteiger partial charge in [0.25, 0.3) is 0 Å². The standard InChI is InChI=1S/C22H21ClO5/c1-3-27-20(25)22(21(26)28-4-2)17(14-10-12-16(23)13-11-14)18(22)19(24)15-8-6-5-7-9-15/h5-13,17-18H,3-4H2,1-2H3/t17-,18+/m0/s1. The molecule has 1 aliphatic rings. The summed E-state index contributed by atoms with van der Waals surface area (Å²) in [5, 5.41) is 0.521. The highest BCUT2D eigenvalue weighted by atomic mass is 35.5. The molecule has 0 heterocycles. The average molecular weight is 401 g/mol. The van der Waals surface area contributed by atoms with Crippen LogP contribution in [0.4, 0.5) is 0 Å². The molecule has 1 saturated carbocycles. The second-order valence-corrected chi connectivity index (χ2v) is 6.98. The van der Waals surface area contributed by atoms with Crippen molar-refractivity contribution in [3.05, 3.63) is 70.7 Å². The molecule has 0 aliphatic heterocycles. The third-order valence-electron chi connectivity index (χ3n) is 5.00. The minimum Gasteiger partial charge on any atom is -0.465 e. The van der Waals surface area contributed by atoms with Gasteiger partial charge in [-0.3, -0.25) is 14.4 Å². The Morgan fingerprint density at radius 3 is 1.93 bits per heavy atom. The van der Waals surface area contributed by atoms with Crippen molar-refractivity contribution in [1.29, 1.82) is 0 Å². The molecule has 2 aromatic carbocycles. The van der Waals surface area contributed by atoms with Gasteiger partial charge in [-0.1, -0.05) is 54.1 Å². The quantitative estimate of drug-likeness (QED) is 0.398. The van der Waals surface area contributed by atoms with Crippen LogP contribution in [0.3, 0.4) is 0 Å². The maximum absolute atomic E-state index is 13.2. The van der Waals surface area contributed by atoms with E-state index in [4.69, 9.17) is 21.1 Å². The lowest BCUT2D eigenvalue weighted by atomic mass is 9.97. The molecule has 146 valence electrons. The molecule has 6 heteroatoms. The van der Waals surface area contributed by atoms with Crippen LogP contribution < -0.4 is 0 Å². The van der Waals surface area contributed by atoms with Crippen LogP contribution in [-0.2, 0) is 19.1 Å². The van der Waals surface area contributed by atoms with E-state index in [0.29, 0.717) is 16.1 Å². The summed E-state index contributed by atoms with van der Waals surface area (Å²) in [6, 6.07) is 15.4. The van der Waals surface area contributed by atoms with Gasteiger partial charge in [0.05, 0.1) is 19.1 Å². The van der Waals surface area contributed by atoms with Gasteiger partial charge in [0.15, 0.2) is 11.2 Å². The number of hydrogen-bond donors (Lipinski definition) is 0. The molecule has 0 bridgehead atoms. The molecule has 0 unspecified atom stereocenters. The van der Waals surface area contributed by atoms with E-state index in [1.807, 2.05) is 0 Å². The van der Waals surface area contributed by atoms with Crippen LogP contribution in [0.25, 0.3) is 0 Å². The lowest BCUT2D eigenvalue weighted by Crippen LogP contribution is -2.34. The summed E-state index contributed by atoms with van der Waals surface area (Å²) < 4.78 is 10.4. The van der Waals surface area contributed by atoms with Crippen LogP contribution in [0, 0.1) is 11.3 Å². The van der Waals surface area contributed by atoms with Crippen molar-refractivity contribution in [2.24, 2.45) is 11.3 Å². The maximum atomic E-state index is 13.2. The highest BCUT2D eigenvalue weighted by Gasteiger charge is 2.79. The molecule has 0 N–H and O–H groups in total. The number of halogens is 1. The molecule has 1 aliphatic carbocycles. The fraction of sp³-hybridized carbons (Fsp3) is 0.318. The summed E-state index contributed by atoms with van der Waals surface area (Å²) in [6.07, 6.45) is 0. The zero-order valence-corrected chi connectivity index (χ0v) is 16.4. The zero-order chi connectivity index (χ0) is 20.3. The smallest absolute Gasteiger partial charge is 0.324 e. The highest BCUT2D eigenvalue weighted by Crippen LogP contribution is 2.67. The van der Waals surface area contributed by atoms with E-state index in [-0.39, 0.29) is 19.0 Å². The van der Waals surface area contributed by atoms with Gasteiger partial charge in [0, 0.05) is 16.5 Å². The number of Topliss-reactive ketones (excluding diaryl/α,β-unsaturated/α-hetero) is 1. The van der Waals surface area contributed by atoms with Gasteiger partial charge in [-0.05, 0) is 31.5 Å². The van der Waals surface area contributed by atoms with Gasteiger partial charge in [-0.25, -0.2) is 0 Å². The first-order chi connectivity index (χ1) is 13.5.